The Morgan fingerprint density at radius 3 is 2.46 bits per heavy atom. The summed E-state index contributed by atoms with van der Waals surface area (Å²) in [5.74, 6) is 0.0810. The molecule has 2 aromatic carbocycles. The predicted octanol–water partition coefficient (Wildman–Crippen LogP) is 4.32. The number of ether oxygens (including phenoxy) is 1. The zero-order chi connectivity index (χ0) is 20.5. The number of rotatable bonds is 9. The number of hydrogen-bond acceptors (Lipinski definition) is 3. The molecule has 28 heavy (non-hydrogen) atoms. The molecule has 0 aliphatic rings. The summed E-state index contributed by atoms with van der Waals surface area (Å²) in [5.41, 5.74) is 0.776. The first-order valence-corrected chi connectivity index (χ1v) is 9.87. The lowest BCUT2D eigenvalue weighted by molar-refractivity contribution is -0.142. The maximum Gasteiger partial charge on any atom is 0.261 e. The number of amides is 2. The van der Waals surface area contributed by atoms with Crippen molar-refractivity contribution in [2.24, 2.45) is 0 Å². The second-order valence-corrected chi connectivity index (χ2v) is 7.15. The van der Waals surface area contributed by atoms with Crippen molar-refractivity contribution < 1.29 is 14.3 Å². The molecule has 2 aromatic rings. The molecule has 0 spiro atoms. The molecule has 0 bridgehead atoms. The van der Waals surface area contributed by atoms with E-state index in [1.54, 1.807) is 37.3 Å². The van der Waals surface area contributed by atoms with Gasteiger partial charge >= 0.3 is 0 Å². The zero-order valence-electron chi connectivity index (χ0n) is 16.0. The molecule has 0 aliphatic carbocycles. The Morgan fingerprint density at radius 2 is 1.82 bits per heavy atom. The highest BCUT2D eigenvalue weighted by atomic mass is 35.5. The molecule has 1 atom stereocenters. The zero-order valence-corrected chi connectivity index (χ0v) is 17.5. The summed E-state index contributed by atoms with van der Waals surface area (Å²) in [6.45, 7) is 4.27. The second-order valence-electron chi connectivity index (χ2n) is 6.34. The predicted molar refractivity (Wildman–Crippen MR) is 112 cm³/mol. The van der Waals surface area contributed by atoms with Gasteiger partial charge in [0.1, 0.15) is 11.8 Å². The van der Waals surface area contributed by atoms with Crippen molar-refractivity contribution in [2.75, 3.05) is 13.2 Å². The number of halogens is 2. The van der Waals surface area contributed by atoms with Crippen molar-refractivity contribution in [3.63, 3.8) is 0 Å². The van der Waals surface area contributed by atoms with Crippen LogP contribution in [0.15, 0.2) is 48.5 Å². The second kappa shape index (κ2) is 10.9. The van der Waals surface area contributed by atoms with Gasteiger partial charge in [0.05, 0.1) is 10.0 Å². The van der Waals surface area contributed by atoms with Crippen LogP contribution in [0.5, 0.6) is 5.75 Å². The van der Waals surface area contributed by atoms with Gasteiger partial charge in [-0.1, -0.05) is 54.4 Å². The van der Waals surface area contributed by atoms with Gasteiger partial charge in [0.15, 0.2) is 6.61 Å². The fourth-order valence-corrected chi connectivity index (χ4v) is 2.88. The van der Waals surface area contributed by atoms with E-state index < -0.39 is 6.04 Å². The third-order valence-corrected chi connectivity index (χ3v) is 4.90. The number of nitrogens with one attached hydrogen (secondary N) is 1. The van der Waals surface area contributed by atoms with Crippen molar-refractivity contribution in [3.8, 4) is 5.75 Å². The molecule has 0 saturated heterocycles. The first-order chi connectivity index (χ1) is 13.4. The molecule has 7 heteroatoms. The summed E-state index contributed by atoms with van der Waals surface area (Å²) >= 11 is 12.1. The molecule has 0 unspecified atom stereocenters. The molecule has 150 valence electrons. The van der Waals surface area contributed by atoms with Crippen molar-refractivity contribution in [2.45, 2.75) is 32.9 Å². The molecular weight excluding hydrogens is 399 g/mol. The monoisotopic (exact) mass is 422 g/mol. The first-order valence-electron chi connectivity index (χ1n) is 9.11. The minimum Gasteiger partial charge on any atom is -0.484 e. The number of nitrogens with zero attached hydrogens (tertiary/aromatic N) is 1. The molecule has 2 amide bonds. The molecule has 0 saturated carbocycles. The Hall–Kier alpha value is -2.24. The van der Waals surface area contributed by atoms with Crippen molar-refractivity contribution in [1.82, 2.24) is 10.2 Å². The number of benzene rings is 2. The highest BCUT2D eigenvalue weighted by Gasteiger charge is 2.26. The van der Waals surface area contributed by atoms with E-state index in [4.69, 9.17) is 27.9 Å². The lowest BCUT2D eigenvalue weighted by Gasteiger charge is -2.28. The Kier molecular flexibility index (Phi) is 8.61. The third kappa shape index (κ3) is 6.43. The van der Waals surface area contributed by atoms with Crippen LogP contribution in [0.3, 0.4) is 0 Å². The molecular formula is C21H24Cl2N2O3. The van der Waals surface area contributed by atoms with Crippen LogP contribution in [0.4, 0.5) is 0 Å². The molecule has 0 fully saturated rings. The fourth-order valence-electron chi connectivity index (χ4n) is 2.56. The Balaban J connectivity index is 2.15. The average Bonchev–Trinajstić information content (AvgIpc) is 2.71. The summed E-state index contributed by atoms with van der Waals surface area (Å²) in [4.78, 5) is 26.8. The van der Waals surface area contributed by atoms with E-state index in [9.17, 15) is 9.59 Å². The van der Waals surface area contributed by atoms with E-state index in [1.165, 1.54) is 4.90 Å². The first kappa shape index (κ1) is 22.1. The molecule has 1 N–H and O–H groups in total. The van der Waals surface area contributed by atoms with Gasteiger partial charge in [-0.2, -0.15) is 0 Å². The van der Waals surface area contributed by atoms with Gasteiger partial charge in [0.25, 0.3) is 5.91 Å². The molecule has 5 nitrogen and oxygen atoms in total. The van der Waals surface area contributed by atoms with Gasteiger partial charge in [-0.3, -0.25) is 9.59 Å². The summed E-state index contributed by atoms with van der Waals surface area (Å²) in [7, 11) is 0. The minimum absolute atomic E-state index is 0.170. The maximum absolute atomic E-state index is 12.9. The average molecular weight is 423 g/mol. The third-order valence-electron chi connectivity index (χ3n) is 4.16. The van der Waals surface area contributed by atoms with Crippen LogP contribution < -0.4 is 10.1 Å². The van der Waals surface area contributed by atoms with Gasteiger partial charge in [-0.05, 0) is 43.2 Å². The minimum atomic E-state index is -0.659. The normalized spacial score (nSPS) is 11.6. The van der Waals surface area contributed by atoms with Gasteiger partial charge in [-0.15, -0.1) is 0 Å². The topological polar surface area (TPSA) is 58.6 Å². The summed E-state index contributed by atoms with van der Waals surface area (Å²) in [6.07, 6.45) is 0.816. The molecule has 0 aliphatic heterocycles. The Morgan fingerprint density at radius 1 is 1.11 bits per heavy atom. The van der Waals surface area contributed by atoms with Gasteiger partial charge in [-0.25, -0.2) is 0 Å². The highest BCUT2D eigenvalue weighted by Crippen LogP contribution is 2.24. The number of carbonyl (C=O) groups excluding carboxylic acids is 2. The van der Waals surface area contributed by atoms with Crippen LogP contribution in [0.1, 0.15) is 25.8 Å². The molecule has 0 aromatic heterocycles. The van der Waals surface area contributed by atoms with E-state index >= 15 is 0 Å². The van der Waals surface area contributed by atoms with E-state index in [0.29, 0.717) is 22.3 Å². The van der Waals surface area contributed by atoms with Crippen molar-refractivity contribution in [3.05, 3.63) is 64.1 Å². The van der Waals surface area contributed by atoms with Crippen molar-refractivity contribution >= 4 is 35.0 Å². The number of carbonyl (C=O) groups is 2. The van der Waals surface area contributed by atoms with Crippen LogP contribution in [0.25, 0.3) is 0 Å². The van der Waals surface area contributed by atoms with Crippen LogP contribution in [-0.2, 0) is 16.1 Å². The summed E-state index contributed by atoms with van der Waals surface area (Å²) < 4.78 is 5.57. The van der Waals surface area contributed by atoms with Crippen LogP contribution in [-0.4, -0.2) is 35.9 Å². The van der Waals surface area contributed by atoms with Crippen LogP contribution >= 0.6 is 23.2 Å². The molecule has 0 radical (unpaired) electrons. The Labute approximate surface area is 175 Å². The van der Waals surface area contributed by atoms with E-state index in [2.05, 4.69) is 5.32 Å². The standard InChI is InChI=1S/C21H24Cl2N2O3/c1-3-11-24-21(27)15(2)25(13-16-9-10-18(22)19(23)12-16)20(26)14-28-17-7-5-4-6-8-17/h4-10,12,15H,3,11,13-14H2,1-2H3,(H,24,27)/t15-/m1/s1. The molecule has 2 rings (SSSR count). The molecule has 0 heterocycles. The van der Waals surface area contributed by atoms with Gasteiger partial charge < -0.3 is 15.0 Å². The fraction of sp³-hybridized carbons (Fsp3) is 0.333. The largest absolute Gasteiger partial charge is 0.484 e. The lowest BCUT2D eigenvalue weighted by Crippen LogP contribution is -2.49. The quantitative estimate of drug-likeness (QED) is 0.654. The van der Waals surface area contributed by atoms with Crippen LogP contribution in [0, 0.1) is 0 Å². The SMILES string of the molecule is CCCNC(=O)[C@@H](C)N(Cc1ccc(Cl)c(Cl)c1)C(=O)COc1ccccc1. The smallest absolute Gasteiger partial charge is 0.261 e. The van der Waals surface area contributed by atoms with E-state index in [1.807, 2.05) is 25.1 Å². The number of para-hydroxylation sites is 1. The lowest BCUT2D eigenvalue weighted by atomic mass is 10.1. The van der Waals surface area contributed by atoms with Gasteiger partial charge in [0, 0.05) is 13.1 Å². The number of hydrogen-bond donors (Lipinski definition) is 1. The van der Waals surface area contributed by atoms with Crippen LogP contribution in [0.2, 0.25) is 10.0 Å². The Bertz CT molecular complexity index is 799. The maximum atomic E-state index is 12.9. The summed E-state index contributed by atoms with van der Waals surface area (Å²) in [5, 5.41) is 3.66. The van der Waals surface area contributed by atoms with E-state index in [0.717, 1.165) is 12.0 Å². The van der Waals surface area contributed by atoms with E-state index in [-0.39, 0.29) is 25.0 Å². The highest BCUT2D eigenvalue weighted by molar-refractivity contribution is 6.42. The van der Waals surface area contributed by atoms with Gasteiger partial charge in [0.2, 0.25) is 5.91 Å². The van der Waals surface area contributed by atoms with Crippen molar-refractivity contribution in [1.29, 1.82) is 0 Å². The summed E-state index contributed by atoms with van der Waals surface area (Å²) in [6, 6.07) is 13.6.